The van der Waals surface area contributed by atoms with Crippen molar-refractivity contribution >= 4 is 29.7 Å². The van der Waals surface area contributed by atoms with Crippen LogP contribution in [0.5, 0.6) is 5.75 Å². The summed E-state index contributed by atoms with van der Waals surface area (Å²) >= 11 is 0. The summed E-state index contributed by atoms with van der Waals surface area (Å²) in [6, 6.07) is 5.15. The Morgan fingerprint density at radius 1 is 1.46 bits per heavy atom. The topological polar surface area (TPSA) is 103 Å². The third kappa shape index (κ3) is 4.61. The predicted octanol–water partition coefficient (Wildman–Crippen LogP) is 2.92. The van der Waals surface area contributed by atoms with Crippen LogP contribution in [0.2, 0.25) is 0 Å². The minimum absolute atomic E-state index is 0. The Balaban J connectivity index is 0.00000208. The van der Waals surface area contributed by atoms with E-state index in [0.29, 0.717) is 48.2 Å². The molecule has 0 spiro atoms. The quantitative estimate of drug-likeness (QED) is 0.742. The molecule has 1 heterocycles. The van der Waals surface area contributed by atoms with Crippen LogP contribution in [-0.4, -0.2) is 23.2 Å². The average molecular weight is 353 g/mol. The third-order valence-electron chi connectivity index (χ3n) is 3.76. The molecule has 1 fully saturated rings. The number of aromatic nitrogens is 2. The van der Waals surface area contributed by atoms with Crippen molar-refractivity contribution in [2.45, 2.75) is 38.0 Å². The van der Waals surface area contributed by atoms with Gasteiger partial charge in [0.25, 0.3) is 0 Å². The lowest BCUT2D eigenvalue weighted by Gasteiger charge is -2.09. The van der Waals surface area contributed by atoms with Crippen LogP contribution in [0.3, 0.4) is 0 Å². The van der Waals surface area contributed by atoms with Crippen LogP contribution < -0.4 is 15.8 Å². The Bertz CT molecular complexity index is 700. The Kier molecular flexibility index (Phi) is 6.03. The molecule has 7 nitrogen and oxygen atoms in total. The molecule has 1 amide bonds. The van der Waals surface area contributed by atoms with E-state index in [1.165, 1.54) is 0 Å². The number of ether oxygens (including phenoxy) is 1. The van der Waals surface area contributed by atoms with E-state index in [-0.39, 0.29) is 18.3 Å². The van der Waals surface area contributed by atoms with Gasteiger partial charge in [0, 0.05) is 24.8 Å². The van der Waals surface area contributed by atoms with Gasteiger partial charge in [0.2, 0.25) is 11.8 Å². The van der Waals surface area contributed by atoms with Crippen molar-refractivity contribution in [3.05, 3.63) is 29.9 Å². The first kappa shape index (κ1) is 18.1. The normalized spacial score (nSPS) is 13.2. The first-order valence-corrected chi connectivity index (χ1v) is 7.71. The largest absolute Gasteiger partial charge is 0.497 e. The Labute approximate surface area is 146 Å². The molecule has 24 heavy (non-hydrogen) atoms. The first-order chi connectivity index (χ1) is 11.2. The fourth-order valence-electron chi connectivity index (χ4n) is 2.26. The maximum absolute atomic E-state index is 12.0. The van der Waals surface area contributed by atoms with E-state index in [1.54, 1.807) is 25.3 Å². The number of amides is 1. The fraction of sp³-hybridized carbons (Fsp3) is 0.438. The number of nitrogen functional groups attached to an aromatic ring is 1. The number of nitrogens with two attached hydrogens (primary N) is 1. The lowest BCUT2D eigenvalue weighted by Crippen LogP contribution is -2.13. The second kappa shape index (κ2) is 8.01. The number of nitrogens with zero attached hydrogens (tertiary/aromatic N) is 2. The molecular weight excluding hydrogens is 332 g/mol. The highest BCUT2D eigenvalue weighted by Crippen LogP contribution is 2.38. The van der Waals surface area contributed by atoms with Crippen LogP contribution in [-0.2, 0) is 11.2 Å². The van der Waals surface area contributed by atoms with Crippen molar-refractivity contribution < 1.29 is 14.1 Å². The minimum Gasteiger partial charge on any atom is -0.497 e. The van der Waals surface area contributed by atoms with Gasteiger partial charge in [0.05, 0.1) is 18.5 Å². The van der Waals surface area contributed by atoms with Crippen molar-refractivity contribution in [1.82, 2.24) is 10.1 Å². The maximum Gasteiger partial charge on any atom is 0.226 e. The standard InChI is InChI=1S/C16H20N4O3.ClH/c1-22-11-7-8-12(17)13(9-11)18-14(21)3-2-4-15-19-16(20-23-15)10-5-6-10;/h7-10H,2-6,17H2,1H3,(H,18,21);1H. The number of anilines is 2. The van der Waals surface area contributed by atoms with Crippen molar-refractivity contribution in [3.8, 4) is 5.75 Å². The van der Waals surface area contributed by atoms with E-state index in [4.69, 9.17) is 15.0 Å². The monoisotopic (exact) mass is 352 g/mol. The highest BCUT2D eigenvalue weighted by molar-refractivity contribution is 5.94. The van der Waals surface area contributed by atoms with Gasteiger partial charge in [-0.3, -0.25) is 4.79 Å². The molecule has 0 unspecified atom stereocenters. The first-order valence-electron chi connectivity index (χ1n) is 7.71. The summed E-state index contributed by atoms with van der Waals surface area (Å²) < 4.78 is 10.3. The molecule has 130 valence electrons. The summed E-state index contributed by atoms with van der Waals surface area (Å²) in [7, 11) is 1.57. The lowest BCUT2D eigenvalue weighted by molar-refractivity contribution is -0.116. The van der Waals surface area contributed by atoms with Crippen molar-refractivity contribution in [3.63, 3.8) is 0 Å². The van der Waals surface area contributed by atoms with Crippen molar-refractivity contribution in [2.75, 3.05) is 18.2 Å². The van der Waals surface area contributed by atoms with Crippen LogP contribution in [0.1, 0.15) is 43.3 Å². The minimum atomic E-state index is -0.105. The van der Waals surface area contributed by atoms with Gasteiger partial charge in [-0.05, 0) is 31.4 Å². The average Bonchev–Trinajstić information content (AvgIpc) is 3.29. The number of carbonyl (C=O) groups is 1. The summed E-state index contributed by atoms with van der Waals surface area (Å²) in [5, 5.41) is 6.75. The molecule has 8 heteroatoms. The van der Waals surface area contributed by atoms with Gasteiger partial charge in [-0.25, -0.2) is 0 Å². The van der Waals surface area contributed by atoms with Gasteiger partial charge < -0.3 is 20.3 Å². The Morgan fingerprint density at radius 3 is 2.96 bits per heavy atom. The van der Waals surface area contributed by atoms with Crippen molar-refractivity contribution in [1.29, 1.82) is 0 Å². The molecule has 1 saturated carbocycles. The second-order valence-electron chi connectivity index (χ2n) is 5.68. The van der Waals surface area contributed by atoms with Crippen LogP contribution in [0.25, 0.3) is 0 Å². The van der Waals surface area contributed by atoms with E-state index in [9.17, 15) is 4.79 Å². The summed E-state index contributed by atoms with van der Waals surface area (Å²) in [5.74, 6) is 2.42. The highest BCUT2D eigenvalue weighted by atomic mass is 35.5. The van der Waals surface area contributed by atoms with E-state index >= 15 is 0 Å². The Morgan fingerprint density at radius 2 is 2.25 bits per heavy atom. The van der Waals surface area contributed by atoms with Gasteiger partial charge in [-0.1, -0.05) is 5.16 Å². The zero-order valence-electron chi connectivity index (χ0n) is 13.4. The fourth-order valence-corrected chi connectivity index (χ4v) is 2.26. The third-order valence-corrected chi connectivity index (χ3v) is 3.76. The number of hydrogen-bond acceptors (Lipinski definition) is 6. The molecule has 0 aliphatic heterocycles. The van der Waals surface area contributed by atoms with Crippen LogP contribution in [0.4, 0.5) is 11.4 Å². The predicted molar refractivity (Wildman–Crippen MR) is 92.5 cm³/mol. The molecule has 3 rings (SSSR count). The number of halogens is 1. The SMILES string of the molecule is COc1ccc(N)c(NC(=O)CCCc2nc(C3CC3)no2)c1.Cl. The summed E-state index contributed by atoms with van der Waals surface area (Å²) in [6.07, 6.45) is 3.88. The van der Waals surface area contributed by atoms with Crippen LogP contribution in [0, 0.1) is 0 Å². The second-order valence-corrected chi connectivity index (χ2v) is 5.68. The summed E-state index contributed by atoms with van der Waals surface area (Å²) in [4.78, 5) is 16.3. The zero-order valence-corrected chi connectivity index (χ0v) is 14.3. The van der Waals surface area contributed by atoms with Gasteiger partial charge in [-0.2, -0.15) is 4.98 Å². The molecule has 1 aromatic carbocycles. The molecule has 0 bridgehead atoms. The molecule has 3 N–H and O–H groups in total. The molecule has 2 aromatic rings. The molecule has 0 atom stereocenters. The van der Waals surface area contributed by atoms with E-state index in [2.05, 4.69) is 15.5 Å². The number of carbonyl (C=O) groups excluding carboxylic acids is 1. The number of aryl methyl sites for hydroxylation is 1. The summed E-state index contributed by atoms with van der Waals surface area (Å²) in [5.41, 5.74) is 6.91. The zero-order chi connectivity index (χ0) is 16.2. The maximum atomic E-state index is 12.0. The molecule has 0 radical (unpaired) electrons. The van der Waals surface area contributed by atoms with Gasteiger partial charge in [-0.15, -0.1) is 12.4 Å². The van der Waals surface area contributed by atoms with E-state index in [1.807, 2.05) is 0 Å². The molecule has 1 aliphatic carbocycles. The smallest absolute Gasteiger partial charge is 0.226 e. The number of methoxy groups -OCH3 is 1. The summed E-state index contributed by atoms with van der Waals surface area (Å²) in [6.45, 7) is 0. The van der Waals surface area contributed by atoms with E-state index in [0.717, 1.165) is 18.7 Å². The van der Waals surface area contributed by atoms with E-state index < -0.39 is 0 Å². The number of hydrogen-bond donors (Lipinski definition) is 2. The van der Waals surface area contributed by atoms with Crippen molar-refractivity contribution in [2.24, 2.45) is 0 Å². The number of benzene rings is 1. The molecular formula is C16H21ClN4O3. The lowest BCUT2D eigenvalue weighted by atomic mass is 10.2. The van der Waals surface area contributed by atoms with Gasteiger partial charge in [0.1, 0.15) is 5.75 Å². The van der Waals surface area contributed by atoms with Gasteiger partial charge in [0.15, 0.2) is 5.82 Å². The number of nitrogens with one attached hydrogen (secondary N) is 1. The van der Waals surface area contributed by atoms with Crippen LogP contribution >= 0.6 is 12.4 Å². The molecule has 0 saturated heterocycles. The van der Waals surface area contributed by atoms with Gasteiger partial charge >= 0.3 is 0 Å². The highest BCUT2D eigenvalue weighted by Gasteiger charge is 2.28. The number of rotatable bonds is 7. The molecule has 1 aliphatic rings. The Hall–Kier alpha value is -2.28. The molecule has 1 aromatic heterocycles. The van der Waals surface area contributed by atoms with Crippen LogP contribution in [0.15, 0.2) is 22.7 Å².